The van der Waals surface area contributed by atoms with Gasteiger partial charge in [0.15, 0.2) is 5.16 Å². The van der Waals surface area contributed by atoms with Gasteiger partial charge in [0.1, 0.15) is 17.5 Å². The van der Waals surface area contributed by atoms with Crippen molar-refractivity contribution in [1.82, 2.24) is 9.55 Å². The maximum atomic E-state index is 13.9. The highest BCUT2D eigenvalue weighted by atomic mass is 79.9. The number of anilines is 1. The van der Waals surface area contributed by atoms with Gasteiger partial charge >= 0.3 is 0 Å². The number of benzene rings is 2. The fraction of sp³-hybridized carbons (Fsp3) is 0.190. The Labute approximate surface area is 183 Å². The minimum Gasteiger partial charge on any atom is -0.312 e. The highest BCUT2D eigenvalue weighted by Crippen LogP contribution is 2.37. The molecule has 1 aliphatic heterocycles. The summed E-state index contributed by atoms with van der Waals surface area (Å²) in [6.45, 7) is 0. The predicted octanol–water partition coefficient (Wildman–Crippen LogP) is 4.59. The minimum absolute atomic E-state index is 0.0592. The Morgan fingerprint density at radius 3 is 2.70 bits per heavy atom. The van der Waals surface area contributed by atoms with E-state index in [0.29, 0.717) is 27.7 Å². The third kappa shape index (κ3) is 3.91. The molecule has 4 rings (SSSR count). The highest BCUT2D eigenvalue weighted by molar-refractivity contribution is 9.10. The molecular weight excluding hydrogens is 476 g/mol. The molecule has 0 radical (unpaired) electrons. The Balaban J connectivity index is 1.74. The van der Waals surface area contributed by atoms with E-state index in [0.717, 1.165) is 0 Å². The van der Waals surface area contributed by atoms with Gasteiger partial charge in [-0.3, -0.25) is 9.59 Å². The molecule has 1 N–H and O–H groups in total. The highest BCUT2D eigenvalue weighted by Gasteiger charge is 2.32. The van der Waals surface area contributed by atoms with Gasteiger partial charge in [0, 0.05) is 25.1 Å². The van der Waals surface area contributed by atoms with E-state index in [1.165, 1.54) is 23.9 Å². The minimum atomic E-state index is -0.539. The van der Waals surface area contributed by atoms with E-state index in [-0.39, 0.29) is 28.4 Å². The van der Waals surface area contributed by atoms with Gasteiger partial charge in [0.05, 0.1) is 10.0 Å². The van der Waals surface area contributed by atoms with Crippen molar-refractivity contribution in [2.24, 2.45) is 7.05 Å². The molecule has 9 heteroatoms. The zero-order valence-corrected chi connectivity index (χ0v) is 18.2. The van der Waals surface area contributed by atoms with Crippen LogP contribution in [0.25, 0.3) is 0 Å². The average molecular weight is 492 g/mol. The summed E-state index contributed by atoms with van der Waals surface area (Å²) in [5, 5.41) is 3.12. The monoisotopic (exact) mass is 491 g/mol. The van der Waals surface area contributed by atoms with Crippen LogP contribution in [-0.4, -0.2) is 15.5 Å². The van der Waals surface area contributed by atoms with Crippen molar-refractivity contribution in [3.05, 3.63) is 85.6 Å². The number of hydrogen-bond acceptors (Lipinski definition) is 4. The van der Waals surface area contributed by atoms with Crippen LogP contribution >= 0.6 is 27.7 Å². The Kier molecular flexibility index (Phi) is 5.75. The molecule has 2 heterocycles. The predicted molar refractivity (Wildman–Crippen MR) is 115 cm³/mol. The summed E-state index contributed by atoms with van der Waals surface area (Å²) in [5.74, 6) is -0.906. The molecule has 3 aromatic rings. The fourth-order valence-electron chi connectivity index (χ4n) is 3.44. The van der Waals surface area contributed by atoms with Crippen LogP contribution in [0.3, 0.4) is 0 Å². The van der Waals surface area contributed by atoms with E-state index in [9.17, 15) is 18.4 Å². The zero-order valence-electron chi connectivity index (χ0n) is 15.8. The maximum Gasteiger partial charge on any atom is 0.279 e. The number of nitrogens with zero attached hydrogens (tertiary/aromatic N) is 2. The van der Waals surface area contributed by atoms with Gasteiger partial charge in [-0.05, 0) is 45.3 Å². The number of carbonyl (C=O) groups is 1. The van der Waals surface area contributed by atoms with Gasteiger partial charge in [-0.2, -0.15) is 4.98 Å². The number of thioether (sulfide) groups is 1. The number of halogens is 3. The van der Waals surface area contributed by atoms with E-state index >= 15 is 0 Å². The second kappa shape index (κ2) is 8.31. The summed E-state index contributed by atoms with van der Waals surface area (Å²) in [5.41, 5.74) is 1.02. The Hall–Kier alpha value is -2.52. The third-order valence-electron chi connectivity index (χ3n) is 4.96. The number of rotatable bonds is 4. The van der Waals surface area contributed by atoms with Crippen LogP contribution < -0.4 is 10.9 Å². The lowest BCUT2D eigenvalue weighted by Crippen LogP contribution is -2.33. The van der Waals surface area contributed by atoms with E-state index in [1.54, 1.807) is 41.9 Å². The van der Waals surface area contributed by atoms with E-state index < -0.39 is 17.3 Å². The number of nitrogens with one attached hydrogen (secondary N) is 1. The van der Waals surface area contributed by atoms with E-state index in [2.05, 4.69) is 26.2 Å². The van der Waals surface area contributed by atoms with Crippen molar-refractivity contribution < 1.29 is 13.6 Å². The quantitative estimate of drug-likeness (QED) is 0.428. The van der Waals surface area contributed by atoms with E-state index in [1.807, 2.05) is 0 Å². The van der Waals surface area contributed by atoms with Crippen molar-refractivity contribution in [3.63, 3.8) is 0 Å². The van der Waals surface area contributed by atoms with E-state index in [4.69, 9.17) is 0 Å². The maximum absolute atomic E-state index is 13.9. The number of aromatic nitrogens is 2. The lowest BCUT2D eigenvalue weighted by molar-refractivity contribution is -0.116. The summed E-state index contributed by atoms with van der Waals surface area (Å²) >= 11 is 4.36. The average Bonchev–Trinajstić information content (AvgIpc) is 2.72. The summed E-state index contributed by atoms with van der Waals surface area (Å²) in [6, 6.07) is 10.8. The Morgan fingerprint density at radius 2 is 1.97 bits per heavy atom. The topological polar surface area (TPSA) is 64.0 Å². The van der Waals surface area contributed by atoms with Gasteiger partial charge in [0.25, 0.3) is 5.56 Å². The molecule has 154 valence electrons. The third-order valence-corrected chi connectivity index (χ3v) is 6.65. The van der Waals surface area contributed by atoms with Crippen molar-refractivity contribution in [3.8, 4) is 0 Å². The molecule has 1 unspecified atom stereocenters. The molecular formula is C21H16BrF2N3O2S. The van der Waals surface area contributed by atoms with Gasteiger partial charge in [-0.1, -0.05) is 36.0 Å². The molecule has 1 atom stereocenters. The fourth-order valence-corrected chi connectivity index (χ4v) is 4.78. The van der Waals surface area contributed by atoms with Crippen molar-refractivity contribution in [2.45, 2.75) is 23.2 Å². The van der Waals surface area contributed by atoms with Crippen LogP contribution in [0.2, 0.25) is 0 Å². The largest absolute Gasteiger partial charge is 0.312 e. The van der Waals surface area contributed by atoms with Crippen molar-refractivity contribution in [1.29, 1.82) is 0 Å². The first-order chi connectivity index (χ1) is 14.3. The Bertz CT molecular complexity index is 1220. The van der Waals surface area contributed by atoms with Gasteiger partial charge in [-0.15, -0.1) is 0 Å². The summed E-state index contributed by atoms with van der Waals surface area (Å²) in [4.78, 5) is 29.5. The molecule has 30 heavy (non-hydrogen) atoms. The molecule has 0 aliphatic carbocycles. The SMILES string of the molecule is Cn1c(SCc2ccccc2F)nc(=O)c2c1NC(=O)CC2c1ccc(F)c(Br)c1. The molecule has 2 aromatic carbocycles. The molecule has 0 saturated heterocycles. The number of amides is 1. The second-order valence-corrected chi connectivity index (χ2v) is 8.68. The Morgan fingerprint density at radius 1 is 1.20 bits per heavy atom. The van der Waals surface area contributed by atoms with Crippen LogP contribution in [0.15, 0.2) is 56.9 Å². The standard InChI is InChI=1S/C21H16BrF2N3O2S/c1-27-19-18(13(9-17(28)25-19)11-6-7-16(24)14(22)8-11)20(29)26-21(27)30-10-12-4-2-3-5-15(12)23/h2-8,13H,9-10H2,1H3,(H,25,28). The van der Waals surface area contributed by atoms with Crippen LogP contribution in [-0.2, 0) is 17.6 Å². The molecule has 0 saturated carbocycles. The molecule has 1 aliphatic rings. The van der Waals surface area contributed by atoms with Crippen LogP contribution in [0.4, 0.5) is 14.6 Å². The summed E-state index contributed by atoms with van der Waals surface area (Å²) in [7, 11) is 1.69. The first kappa shape index (κ1) is 20.7. The van der Waals surface area contributed by atoms with Crippen molar-refractivity contribution in [2.75, 3.05) is 5.32 Å². The lowest BCUT2D eigenvalue weighted by atomic mass is 9.87. The molecule has 5 nitrogen and oxygen atoms in total. The summed E-state index contributed by atoms with van der Waals surface area (Å²) < 4.78 is 29.4. The lowest BCUT2D eigenvalue weighted by Gasteiger charge is -2.27. The van der Waals surface area contributed by atoms with Crippen LogP contribution in [0, 0.1) is 11.6 Å². The van der Waals surface area contributed by atoms with Gasteiger partial charge in [-0.25, -0.2) is 8.78 Å². The number of carbonyl (C=O) groups excluding carboxylic acids is 1. The second-order valence-electron chi connectivity index (χ2n) is 6.88. The first-order valence-corrected chi connectivity index (χ1v) is 10.8. The van der Waals surface area contributed by atoms with Gasteiger partial charge < -0.3 is 9.88 Å². The number of fused-ring (bicyclic) bond motifs is 1. The molecule has 1 aromatic heterocycles. The molecule has 1 amide bonds. The first-order valence-electron chi connectivity index (χ1n) is 9.07. The molecule has 0 bridgehead atoms. The molecule has 0 spiro atoms. The van der Waals surface area contributed by atoms with Crippen molar-refractivity contribution >= 4 is 39.4 Å². The molecule has 0 fully saturated rings. The van der Waals surface area contributed by atoms with Crippen LogP contribution in [0.5, 0.6) is 0 Å². The number of hydrogen-bond donors (Lipinski definition) is 1. The summed E-state index contributed by atoms with van der Waals surface area (Å²) in [6.07, 6.45) is 0.0592. The zero-order chi connectivity index (χ0) is 21.4. The normalized spacial score (nSPS) is 15.6. The van der Waals surface area contributed by atoms with Crippen LogP contribution in [0.1, 0.15) is 29.0 Å². The smallest absolute Gasteiger partial charge is 0.279 e. The van der Waals surface area contributed by atoms with Gasteiger partial charge in [0.2, 0.25) is 5.91 Å².